The molecule has 1 fully saturated rings. The van der Waals surface area contributed by atoms with E-state index >= 15 is 0 Å². The number of nitrogens with one attached hydrogen (secondary N) is 1. The van der Waals surface area contributed by atoms with E-state index in [9.17, 15) is 4.79 Å². The molecule has 1 atom stereocenters. The molecule has 92 valence electrons. The lowest BCUT2D eigenvalue weighted by Crippen LogP contribution is -2.33. The predicted molar refractivity (Wildman–Crippen MR) is 72.6 cm³/mol. The van der Waals surface area contributed by atoms with Gasteiger partial charge in [-0.1, -0.05) is 18.5 Å². The Balaban J connectivity index is 1.93. The van der Waals surface area contributed by atoms with Crippen molar-refractivity contribution < 1.29 is 4.79 Å². The summed E-state index contributed by atoms with van der Waals surface area (Å²) in [6.45, 7) is 2.04. The number of rotatable bonds is 5. The Labute approximate surface area is 111 Å². The minimum absolute atomic E-state index is 0.00299. The lowest BCUT2D eigenvalue weighted by atomic mass is 10.3. The molecule has 0 radical (unpaired) electrons. The van der Waals surface area contributed by atoms with Gasteiger partial charge in [-0.3, -0.25) is 4.79 Å². The number of hydrogen-bond donors (Lipinski definition) is 1. The molecule has 0 heterocycles. The van der Waals surface area contributed by atoms with E-state index in [0.29, 0.717) is 6.04 Å². The van der Waals surface area contributed by atoms with Crippen LogP contribution in [0.15, 0.2) is 29.2 Å². The summed E-state index contributed by atoms with van der Waals surface area (Å²) in [5.41, 5.74) is 0. The summed E-state index contributed by atoms with van der Waals surface area (Å²) in [5.74, 6) is 0.162. The number of carbonyl (C=O) groups excluding carboxylic acids is 1. The molecule has 0 bridgehead atoms. The maximum absolute atomic E-state index is 11.9. The lowest BCUT2D eigenvalue weighted by Gasteiger charge is -2.14. The average molecular weight is 270 g/mol. The van der Waals surface area contributed by atoms with Gasteiger partial charge in [0.2, 0.25) is 5.91 Å². The fourth-order valence-electron chi connectivity index (χ4n) is 1.52. The molecule has 0 aliphatic heterocycles. The minimum atomic E-state index is -0.00299. The number of hydrogen-bond acceptors (Lipinski definition) is 2. The minimum Gasteiger partial charge on any atom is -0.352 e. The van der Waals surface area contributed by atoms with E-state index in [1.54, 1.807) is 11.8 Å². The van der Waals surface area contributed by atoms with Crippen LogP contribution in [-0.2, 0) is 4.79 Å². The monoisotopic (exact) mass is 269 g/mol. The molecule has 0 saturated heterocycles. The highest BCUT2D eigenvalue weighted by Crippen LogP contribution is 2.28. The number of carbonyl (C=O) groups is 1. The zero-order chi connectivity index (χ0) is 12.3. The third-order valence-electron chi connectivity index (χ3n) is 2.68. The fourth-order valence-corrected chi connectivity index (χ4v) is 2.61. The zero-order valence-corrected chi connectivity index (χ0v) is 11.4. The smallest absolute Gasteiger partial charge is 0.233 e. The molecule has 1 aliphatic rings. The van der Waals surface area contributed by atoms with Gasteiger partial charge in [-0.05, 0) is 43.5 Å². The van der Waals surface area contributed by atoms with Crippen molar-refractivity contribution in [3.8, 4) is 0 Å². The molecular weight excluding hydrogens is 254 g/mol. The first-order valence-electron chi connectivity index (χ1n) is 5.91. The summed E-state index contributed by atoms with van der Waals surface area (Å²) in [6.07, 6.45) is 3.10. The second kappa shape index (κ2) is 5.78. The van der Waals surface area contributed by atoms with Crippen LogP contribution in [0.3, 0.4) is 0 Å². The van der Waals surface area contributed by atoms with Crippen LogP contribution in [0.1, 0.15) is 26.2 Å². The van der Waals surface area contributed by atoms with Crippen molar-refractivity contribution in [3.63, 3.8) is 0 Å². The van der Waals surface area contributed by atoms with Gasteiger partial charge in [0.25, 0.3) is 0 Å². The molecule has 0 spiro atoms. The normalized spacial score (nSPS) is 16.6. The third kappa shape index (κ3) is 3.93. The molecular formula is C13H16ClNOS. The van der Waals surface area contributed by atoms with Gasteiger partial charge in [0.1, 0.15) is 0 Å². The Morgan fingerprint density at radius 3 is 2.65 bits per heavy atom. The average Bonchev–Trinajstić information content (AvgIpc) is 3.12. The van der Waals surface area contributed by atoms with Crippen LogP contribution in [0.4, 0.5) is 0 Å². The van der Waals surface area contributed by atoms with Crippen molar-refractivity contribution in [3.05, 3.63) is 29.3 Å². The van der Waals surface area contributed by atoms with Crippen molar-refractivity contribution in [2.24, 2.45) is 0 Å². The van der Waals surface area contributed by atoms with Gasteiger partial charge in [-0.15, -0.1) is 11.8 Å². The van der Waals surface area contributed by atoms with Gasteiger partial charge in [-0.25, -0.2) is 0 Å². The maximum atomic E-state index is 11.9. The summed E-state index contributed by atoms with van der Waals surface area (Å²) in [7, 11) is 0. The van der Waals surface area contributed by atoms with Gasteiger partial charge in [0, 0.05) is 16.0 Å². The van der Waals surface area contributed by atoms with Crippen LogP contribution in [0.25, 0.3) is 0 Å². The molecule has 1 aromatic carbocycles. The maximum Gasteiger partial charge on any atom is 0.233 e. The van der Waals surface area contributed by atoms with Gasteiger partial charge in [0.15, 0.2) is 0 Å². The van der Waals surface area contributed by atoms with Crippen LogP contribution >= 0.6 is 23.4 Å². The van der Waals surface area contributed by atoms with E-state index in [4.69, 9.17) is 11.6 Å². The van der Waals surface area contributed by atoms with E-state index in [1.165, 1.54) is 0 Å². The molecule has 1 amide bonds. The Kier molecular flexibility index (Phi) is 4.35. The predicted octanol–water partition coefficient (Wildman–Crippen LogP) is 3.49. The summed E-state index contributed by atoms with van der Waals surface area (Å²) < 4.78 is 0. The quantitative estimate of drug-likeness (QED) is 0.829. The molecule has 2 nitrogen and oxygen atoms in total. The highest BCUT2D eigenvalue weighted by molar-refractivity contribution is 8.00. The second-order valence-corrected chi connectivity index (χ2v) is 5.96. The van der Waals surface area contributed by atoms with E-state index < -0.39 is 0 Å². The SMILES string of the molecule is CC[C@H](Sc1ccc(Cl)cc1)C(=O)NC1CC1. The molecule has 1 aliphatic carbocycles. The summed E-state index contributed by atoms with van der Waals surface area (Å²) in [5, 5.41) is 3.77. The second-order valence-electron chi connectivity index (χ2n) is 4.25. The largest absolute Gasteiger partial charge is 0.352 e. The van der Waals surface area contributed by atoms with Gasteiger partial charge >= 0.3 is 0 Å². The van der Waals surface area contributed by atoms with Gasteiger partial charge < -0.3 is 5.32 Å². The topological polar surface area (TPSA) is 29.1 Å². The molecule has 1 aromatic rings. The van der Waals surface area contributed by atoms with Crippen molar-refractivity contribution >= 4 is 29.3 Å². The Morgan fingerprint density at radius 2 is 2.12 bits per heavy atom. The van der Waals surface area contributed by atoms with E-state index in [1.807, 2.05) is 31.2 Å². The van der Waals surface area contributed by atoms with Crippen LogP contribution in [0.2, 0.25) is 5.02 Å². The molecule has 2 rings (SSSR count). The Morgan fingerprint density at radius 1 is 1.47 bits per heavy atom. The molecule has 1 saturated carbocycles. The first-order chi connectivity index (χ1) is 8.19. The highest BCUT2D eigenvalue weighted by Gasteiger charge is 2.27. The van der Waals surface area contributed by atoms with E-state index in [2.05, 4.69) is 5.32 Å². The summed E-state index contributed by atoms with van der Waals surface area (Å²) in [4.78, 5) is 13.0. The molecule has 4 heteroatoms. The molecule has 0 unspecified atom stereocenters. The fraction of sp³-hybridized carbons (Fsp3) is 0.462. The lowest BCUT2D eigenvalue weighted by molar-refractivity contribution is -0.120. The van der Waals surface area contributed by atoms with Crippen molar-refractivity contribution in [2.45, 2.75) is 42.4 Å². The van der Waals surface area contributed by atoms with Crippen LogP contribution in [0.5, 0.6) is 0 Å². The standard InChI is InChI=1S/C13H16ClNOS/c1-2-12(13(16)15-10-5-6-10)17-11-7-3-9(14)4-8-11/h3-4,7-8,10,12H,2,5-6H2,1H3,(H,15,16)/t12-/m0/s1. The molecule has 1 N–H and O–H groups in total. The highest BCUT2D eigenvalue weighted by atomic mass is 35.5. The van der Waals surface area contributed by atoms with Crippen molar-refractivity contribution in [2.75, 3.05) is 0 Å². The van der Waals surface area contributed by atoms with Gasteiger partial charge in [0.05, 0.1) is 5.25 Å². The first-order valence-corrected chi connectivity index (χ1v) is 7.17. The number of benzene rings is 1. The molecule has 0 aromatic heterocycles. The Bertz CT molecular complexity index is 389. The number of amides is 1. The van der Waals surface area contributed by atoms with Gasteiger partial charge in [-0.2, -0.15) is 0 Å². The van der Waals surface area contributed by atoms with Crippen molar-refractivity contribution in [1.29, 1.82) is 0 Å². The third-order valence-corrected chi connectivity index (χ3v) is 4.31. The Hall–Kier alpha value is -0.670. The van der Waals surface area contributed by atoms with Crippen LogP contribution in [-0.4, -0.2) is 17.2 Å². The van der Waals surface area contributed by atoms with E-state index in [0.717, 1.165) is 29.2 Å². The number of halogens is 1. The molecule has 17 heavy (non-hydrogen) atoms. The van der Waals surface area contributed by atoms with Crippen molar-refractivity contribution in [1.82, 2.24) is 5.32 Å². The summed E-state index contributed by atoms with van der Waals surface area (Å²) >= 11 is 7.44. The van der Waals surface area contributed by atoms with E-state index in [-0.39, 0.29) is 11.2 Å². The summed E-state index contributed by atoms with van der Waals surface area (Å²) in [6, 6.07) is 8.06. The zero-order valence-electron chi connectivity index (χ0n) is 9.78. The van der Waals surface area contributed by atoms with Crippen LogP contribution < -0.4 is 5.32 Å². The first kappa shape index (κ1) is 12.8. The van der Waals surface area contributed by atoms with Crippen LogP contribution in [0, 0.1) is 0 Å². The number of thioether (sulfide) groups is 1.